The van der Waals surface area contributed by atoms with Crippen molar-refractivity contribution in [3.05, 3.63) is 59.7 Å². The summed E-state index contributed by atoms with van der Waals surface area (Å²) in [6.45, 7) is 5.51. The maximum Gasteiger partial charge on any atom is 0.408 e. The Bertz CT molecular complexity index is 926. The highest BCUT2D eigenvalue weighted by Crippen LogP contribution is 2.44. The second kappa shape index (κ2) is 9.00. The Balaban J connectivity index is 1.55. The number of ether oxygens (including phenoxy) is 2. The van der Waals surface area contributed by atoms with Crippen molar-refractivity contribution in [1.82, 2.24) is 5.32 Å². The van der Waals surface area contributed by atoms with Crippen LogP contribution >= 0.6 is 0 Å². The third-order valence-electron chi connectivity index (χ3n) is 4.85. The second-order valence-electron chi connectivity index (χ2n) is 8.28. The zero-order chi connectivity index (χ0) is 21.7. The van der Waals surface area contributed by atoms with Gasteiger partial charge in [0.05, 0.1) is 6.07 Å². The van der Waals surface area contributed by atoms with Crippen LogP contribution in [0.1, 0.15) is 50.7 Å². The molecular formula is C24H26N2O4. The summed E-state index contributed by atoms with van der Waals surface area (Å²) in [7, 11) is 0. The summed E-state index contributed by atoms with van der Waals surface area (Å²) in [6, 6.07) is 17.3. The van der Waals surface area contributed by atoms with Crippen molar-refractivity contribution in [3.63, 3.8) is 0 Å². The number of nitrogens with one attached hydrogen (secondary N) is 1. The van der Waals surface area contributed by atoms with Gasteiger partial charge in [0.25, 0.3) is 0 Å². The second-order valence-corrected chi connectivity index (χ2v) is 8.28. The number of carbonyl (C=O) groups is 2. The molecule has 0 heterocycles. The lowest BCUT2D eigenvalue weighted by atomic mass is 9.98. The molecule has 3 rings (SSSR count). The highest BCUT2D eigenvalue weighted by atomic mass is 16.6. The Morgan fingerprint density at radius 1 is 1.07 bits per heavy atom. The molecule has 1 atom stereocenters. The Morgan fingerprint density at radius 3 is 2.17 bits per heavy atom. The number of nitrogens with zero attached hydrogens (tertiary/aromatic N) is 1. The summed E-state index contributed by atoms with van der Waals surface area (Å²) in [5.41, 5.74) is 3.95. The normalized spacial score (nSPS) is 13.5. The lowest BCUT2D eigenvalue weighted by molar-refractivity contribution is -0.155. The third-order valence-corrected chi connectivity index (χ3v) is 4.85. The number of nitriles is 1. The standard InChI is InChI=1S/C24H26N2O4/c1-24(2,3)30-22(27)13-12-16(14-25)26-23(28)29-15-21-19-10-6-4-8-17(19)18-9-5-7-11-20(18)21/h4-11,16,21H,12-13,15H2,1-3H3,(H,26,28)/t16-/m0/s1. The van der Waals surface area contributed by atoms with E-state index in [1.807, 2.05) is 42.5 Å². The van der Waals surface area contributed by atoms with Crippen LogP contribution in [0.4, 0.5) is 4.79 Å². The minimum Gasteiger partial charge on any atom is -0.460 e. The van der Waals surface area contributed by atoms with E-state index in [0.29, 0.717) is 0 Å². The molecule has 0 saturated carbocycles. The van der Waals surface area contributed by atoms with Gasteiger partial charge in [-0.15, -0.1) is 0 Å². The average molecular weight is 406 g/mol. The molecule has 2 aromatic carbocycles. The highest BCUT2D eigenvalue weighted by molar-refractivity contribution is 5.79. The van der Waals surface area contributed by atoms with E-state index in [0.717, 1.165) is 22.3 Å². The molecule has 0 saturated heterocycles. The van der Waals surface area contributed by atoms with Crippen molar-refractivity contribution in [3.8, 4) is 17.2 Å². The SMILES string of the molecule is CC(C)(C)OC(=O)CC[C@@H](C#N)NC(=O)OCC1c2ccccc2-c2ccccc21. The van der Waals surface area contributed by atoms with Crippen molar-refractivity contribution in [2.45, 2.75) is 51.2 Å². The van der Waals surface area contributed by atoms with Gasteiger partial charge in [0.1, 0.15) is 18.2 Å². The summed E-state index contributed by atoms with van der Waals surface area (Å²) < 4.78 is 10.7. The number of carbonyl (C=O) groups excluding carboxylic acids is 2. The predicted molar refractivity (Wildman–Crippen MR) is 113 cm³/mol. The van der Waals surface area contributed by atoms with E-state index in [1.165, 1.54) is 0 Å². The van der Waals surface area contributed by atoms with Gasteiger partial charge in [-0.2, -0.15) is 5.26 Å². The van der Waals surface area contributed by atoms with Crippen molar-refractivity contribution >= 4 is 12.1 Å². The number of hydrogen-bond acceptors (Lipinski definition) is 5. The van der Waals surface area contributed by atoms with E-state index in [1.54, 1.807) is 20.8 Å². The maximum atomic E-state index is 12.3. The van der Waals surface area contributed by atoms with Crippen LogP contribution in [0.5, 0.6) is 0 Å². The van der Waals surface area contributed by atoms with Gasteiger partial charge in [0.15, 0.2) is 0 Å². The van der Waals surface area contributed by atoms with Crippen molar-refractivity contribution in [1.29, 1.82) is 5.26 Å². The Kier molecular flexibility index (Phi) is 6.41. The predicted octanol–water partition coefficient (Wildman–Crippen LogP) is 4.54. The summed E-state index contributed by atoms with van der Waals surface area (Å²) in [4.78, 5) is 24.1. The molecular weight excluding hydrogens is 380 g/mol. The van der Waals surface area contributed by atoms with Crippen LogP contribution in [0.15, 0.2) is 48.5 Å². The fraction of sp³-hybridized carbons (Fsp3) is 0.375. The topological polar surface area (TPSA) is 88.4 Å². The molecule has 0 spiro atoms. The Hall–Kier alpha value is -3.33. The van der Waals surface area contributed by atoms with Gasteiger partial charge < -0.3 is 14.8 Å². The Labute approximate surface area is 176 Å². The number of hydrogen-bond donors (Lipinski definition) is 1. The molecule has 6 nitrogen and oxygen atoms in total. The summed E-state index contributed by atoms with van der Waals surface area (Å²) in [6.07, 6.45) is -0.470. The quantitative estimate of drug-likeness (QED) is 0.712. The smallest absolute Gasteiger partial charge is 0.408 e. The number of rotatable bonds is 6. The molecule has 0 radical (unpaired) electrons. The van der Waals surface area contributed by atoms with Crippen LogP contribution in [-0.2, 0) is 14.3 Å². The van der Waals surface area contributed by atoms with Crippen molar-refractivity contribution in [2.24, 2.45) is 0 Å². The maximum absolute atomic E-state index is 12.3. The molecule has 0 aromatic heterocycles. The van der Waals surface area contributed by atoms with E-state index in [2.05, 4.69) is 17.4 Å². The number of fused-ring (bicyclic) bond motifs is 3. The van der Waals surface area contributed by atoms with E-state index < -0.39 is 23.7 Å². The van der Waals surface area contributed by atoms with Gasteiger partial charge in [-0.1, -0.05) is 48.5 Å². The monoisotopic (exact) mass is 406 g/mol. The van der Waals surface area contributed by atoms with Gasteiger partial charge in [-0.25, -0.2) is 4.79 Å². The van der Waals surface area contributed by atoms with Crippen molar-refractivity contribution < 1.29 is 19.1 Å². The van der Waals surface area contributed by atoms with Crippen LogP contribution in [0, 0.1) is 11.3 Å². The molecule has 1 N–H and O–H groups in total. The van der Waals surface area contributed by atoms with Gasteiger partial charge in [-0.05, 0) is 49.4 Å². The van der Waals surface area contributed by atoms with E-state index in [-0.39, 0.29) is 25.4 Å². The molecule has 1 amide bonds. The summed E-state index contributed by atoms with van der Waals surface area (Å²) in [5.74, 6) is -0.456. The zero-order valence-electron chi connectivity index (χ0n) is 17.5. The number of amides is 1. The lowest BCUT2D eigenvalue weighted by Crippen LogP contribution is -2.35. The van der Waals surface area contributed by atoms with Gasteiger partial charge >= 0.3 is 12.1 Å². The number of esters is 1. The summed E-state index contributed by atoms with van der Waals surface area (Å²) >= 11 is 0. The molecule has 0 bridgehead atoms. The summed E-state index contributed by atoms with van der Waals surface area (Å²) in [5, 5.41) is 11.8. The average Bonchev–Trinajstić information content (AvgIpc) is 3.02. The van der Waals surface area contributed by atoms with Crippen LogP contribution in [0.2, 0.25) is 0 Å². The fourth-order valence-electron chi connectivity index (χ4n) is 3.61. The first-order chi connectivity index (χ1) is 14.3. The molecule has 30 heavy (non-hydrogen) atoms. The molecule has 1 aliphatic carbocycles. The first-order valence-electron chi connectivity index (χ1n) is 10.0. The molecule has 0 aliphatic heterocycles. The van der Waals surface area contributed by atoms with Crippen LogP contribution in [0.25, 0.3) is 11.1 Å². The molecule has 156 valence electrons. The van der Waals surface area contributed by atoms with Crippen LogP contribution in [0.3, 0.4) is 0 Å². The van der Waals surface area contributed by atoms with Crippen LogP contribution in [-0.4, -0.2) is 30.3 Å². The number of benzene rings is 2. The molecule has 2 aromatic rings. The van der Waals surface area contributed by atoms with Crippen molar-refractivity contribution in [2.75, 3.05) is 6.61 Å². The third kappa shape index (κ3) is 5.18. The van der Waals surface area contributed by atoms with E-state index >= 15 is 0 Å². The van der Waals surface area contributed by atoms with E-state index in [4.69, 9.17) is 9.47 Å². The molecule has 0 unspecified atom stereocenters. The Morgan fingerprint density at radius 2 is 1.63 bits per heavy atom. The minimum atomic E-state index is -0.826. The lowest BCUT2D eigenvalue weighted by Gasteiger charge is -2.20. The first-order valence-corrected chi connectivity index (χ1v) is 10.0. The molecule has 0 fully saturated rings. The molecule has 6 heteroatoms. The largest absolute Gasteiger partial charge is 0.460 e. The fourth-order valence-corrected chi connectivity index (χ4v) is 3.61. The van der Waals surface area contributed by atoms with Gasteiger partial charge in [-0.3, -0.25) is 4.79 Å². The zero-order valence-corrected chi connectivity index (χ0v) is 17.5. The van der Waals surface area contributed by atoms with Gasteiger partial charge in [0, 0.05) is 12.3 Å². The molecule has 1 aliphatic rings. The highest BCUT2D eigenvalue weighted by Gasteiger charge is 2.29. The van der Waals surface area contributed by atoms with Gasteiger partial charge in [0.2, 0.25) is 0 Å². The first kappa shape index (κ1) is 21.4. The minimum absolute atomic E-state index is 0.0408. The van der Waals surface area contributed by atoms with Crippen LogP contribution < -0.4 is 5.32 Å². The van der Waals surface area contributed by atoms with E-state index in [9.17, 15) is 14.9 Å². The number of alkyl carbamates (subject to hydrolysis) is 1.